The molecule has 19 heavy (non-hydrogen) atoms. The lowest BCUT2D eigenvalue weighted by molar-refractivity contribution is 0.102. The van der Waals surface area contributed by atoms with Crippen LogP contribution in [0.15, 0.2) is 42.6 Å². The van der Waals surface area contributed by atoms with E-state index in [1.165, 1.54) is 0 Å². The van der Waals surface area contributed by atoms with Crippen LogP contribution in [0.25, 0.3) is 0 Å². The highest BCUT2D eigenvalue weighted by atomic mass is 16.1. The first-order valence-electron chi connectivity index (χ1n) is 6.08. The molecule has 0 atom stereocenters. The molecule has 2 aromatic rings. The molecule has 0 saturated heterocycles. The minimum atomic E-state index is -0.148. The molecule has 0 unspecified atom stereocenters. The van der Waals surface area contributed by atoms with Crippen molar-refractivity contribution in [3.05, 3.63) is 53.7 Å². The molecule has 0 bridgehead atoms. The number of rotatable bonds is 3. The summed E-state index contributed by atoms with van der Waals surface area (Å²) in [6.07, 6.45) is 1.67. The Morgan fingerprint density at radius 3 is 2.68 bits per heavy atom. The minimum Gasteiger partial charge on any atom is -0.378 e. The van der Waals surface area contributed by atoms with Gasteiger partial charge < -0.3 is 10.2 Å². The van der Waals surface area contributed by atoms with E-state index in [-0.39, 0.29) is 5.91 Å². The third kappa shape index (κ3) is 3.10. The van der Waals surface area contributed by atoms with Gasteiger partial charge in [0.1, 0.15) is 5.82 Å². The Morgan fingerprint density at radius 2 is 2.00 bits per heavy atom. The van der Waals surface area contributed by atoms with Crippen molar-refractivity contribution in [2.24, 2.45) is 0 Å². The Kier molecular flexibility index (Phi) is 3.80. The van der Waals surface area contributed by atoms with Crippen LogP contribution >= 0.6 is 0 Å². The first-order chi connectivity index (χ1) is 9.08. The fraction of sp³-hybridized carbons (Fsp3) is 0.200. The Labute approximate surface area is 113 Å². The van der Waals surface area contributed by atoms with Gasteiger partial charge in [-0.05, 0) is 36.8 Å². The second-order valence-electron chi connectivity index (χ2n) is 4.57. The van der Waals surface area contributed by atoms with Crippen molar-refractivity contribution in [3.63, 3.8) is 0 Å². The number of anilines is 2. The van der Waals surface area contributed by atoms with Gasteiger partial charge >= 0.3 is 0 Å². The lowest BCUT2D eigenvalue weighted by atomic mass is 10.1. The molecule has 4 nitrogen and oxygen atoms in total. The number of aromatic nitrogens is 1. The van der Waals surface area contributed by atoms with Crippen molar-refractivity contribution in [1.82, 2.24) is 4.98 Å². The number of carbonyl (C=O) groups is 1. The number of hydrogen-bond donors (Lipinski definition) is 1. The van der Waals surface area contributed by atoms with Gasteiger partial charge in [-0.15, -0.1) is 0 Å². The number of pyridine rings is 1. The number of carbonyl (C=O) groups excluding carboxylic acids is 1. The molecule has 0 fully saturated rings. The van der Waals surface area contributed by atoms with E-state index in [0.717, 1.165) is 11.3 Å². The smallest absolute Gasteiger partial charge is 0.256 e. The molecule has 0 aliphatic carbocycles. The zero-order valence-electron chi connectivity index (χ0n) is 11.3. The number of benzene rings is 1. The van der Waals surface area contributed by atoms with Crippen molar-refractivity contribution < 1.29 is 4.79 Å². The van der Waals surface area contributed by atoms with Crippen LogP contribution < -0.4 is 10.2 Å². The summed E-state index contributed by atoms with van der Waals surface area (Å²) in [6, 6.07) is 11.2. The fourth-order valence-corrected chi connectivity index (χ4v) is 1.72. The van der Waals surface area contributed by atoms with Gasteiger partial charge in [-0.1, -0.05) is 12.1 Å². The normalized spacial score (nSPS) is 10.1. The minimum absolute atomic E-state index is 0.148. The van der Waals surface area contributed by atoms with E-state index >= 15 is 0 Å². The van der Waals surface area contributed by atoms with E-state index < -0.39 is 0 Å². The molecule has 0 spiro atoms. The molecule has 1 N–H and O–H groups in total. The third-order valence-electron chi connectivity index (χ3n) is 2.87. The van der Waals surface area contributed by atoms with Gasteiger partial charge in [0.2, 0.25) is 0 Å². The average Bonchev–Trinajstić information content (AvgIpc) is 2.41. The molecule has 0 aliphatic rings. The monoisotopic (exact) mass is 255 g/mol. The zero-order chi connectivity index (χ0) is 13.8. The van der Waals surface area contributed by atoms with Crippen molar-refractivity contribution in [1.29, 1.82) is 0 Å². The van der Waals surface area contributed by atoms with Crippen LogP contribution in [-0.2, 0) is 0 Å². The van der Waals surface area contributed by atoms with Crippen LogP contribution in [0.5, 0.6) is 0 Å². The summed E-state index contributed by atoms with van der Waals surface area (Å²) >= 11 is 0. The summed E-state index contributed by atoms with van der Waals surface area (Å²) in [4.78, 5) is 18.3. The third-order valence-corrected chi connectivity index (χ3v) is 2.87. The summed E-state index contributed by atoms with van der Waals surface area (Å²) in [7, 11) is 3.89. The summed E-state index contributed by atoms with van der Waals surface area (Å²) in [6.45, 7) is 1.92. The van der Waals surface area contributed by atoms with Crippen LogP contribution in [0, 0.1) is 6.92 Å². The second kappa shape index (κ2) is 5.52. The van der Waals surface area contributed by atoms with Crippen LogP contribution in [0.1, 0.15) is 15.9 Å². The molecule has 0 saturated carbocycles. The lowest BCUT2D eigenvalue weighted by Crippen LogP contribution is -2.15. The van der Waals surface area contributed by atoms with Gasteiger partial charge in [0.25, 0.3) is 5.91 Å². The number of nitrogens with one attached hydrogen (secondary N) is 1. The van der Waals surface area contributed by atoms with Gasteiger partial charge in [-0.2, -0.15) is 0 Å². The second-order valence-corrected chi connectivity index (χ2v) is 4.57. The van der Waals surface area contributed by atoms with Crippen molar-refractivity contribution in [2.75, 3.05) is 24.3 Å². The molecule has 1 aromatic heterocycles. The highest BCUT2D eigenvalue weighted by Crippen LogP contribution is 2.16. The van der Waals surface area contributed by atoms with Crippen molar-refractivity contribution in [3.8, 4) is 0 Å². The van der Waals surface area contributed by atoms with E-state index in [2.05, 4.69) is 10.3 Å². The van der Waals surface area contributed by atoms with Gasteiger partial charge in [0.15, 0.2) is 0 Å². The number of hydrogen-bond acceptors (Lipinski definition) is 3. The van der Waals surface area contributed by atoms with E-state index in [9.17, 15) is 4.79 Å². The van der Waals surface area contributed by atoms with Crippen LogP contribution in [0.4, 0.5) is 11.5 Å². The maximum absolute atomic E-state index is 12.2. The number of amides is 1. The van der Waals surface area contributed by atoms with Crippen LogP contribution in [-0.4, -0.2) is 25.0 Å². The summed E-state index contributed by atoms with van der Waals surface area (Å²) in [5.74, 6) is 0.452. The first-order valence-corrected chi connectivity index (χ1v) is 6.08. The summed E-state index contributed by atoms with van der Waals surface area (Å²) in [5.41, 5.74) is 2.56. The first kappa shape index (κ1) is 13.1. The van der Waals surface area contributed by atoms with Gasteiger partial charge in [-0.3, -0.25) is 4.79 Å². The number of nitrogens with zero attached hydrogens (tertiary/aromatic N) is 2. The molecular formula is C15H17N3O. The van der Waals surface area contributed by atoms with E-state index in [1.54, 1.807) is 12.3 Å². The molecule has 2 rings (SSSR count). The summed E-state index contributed by atoms with van der Waals surface area (Å²) in [5, 5.41) is 2.82. The van der Waals surface area contributed by atoms with E-state index in [1.807, 2.05) is 56.3 Å². The van der Waals surface area contributed by atoms with Gasteiger partial charge in [0, 0.05) is 31.5 Å². The molecule has 0 aliphatic heterocycles. The molecule has 98 valence electrons. The molecule has 4 heteroatoms. The lowest BCUT2D eigenvalue weighted by Gasteiger charge is -2.13. The maximum Gasteiger partial charge on any atom is 0.256 e. The SMILES string of the molecule is Cc1cccnc1NC(=O)c1cccc(N(C)C)c1. The standard InChI is InChI=1S/C15H17N3O/c1-11-6-5-9-16-14(11)17-15(19)12-7-4-8-13(10-12)18(2)3/h4-10H,1-3H3,(H,16,17,19). The predicted octanol–water partition coefficient (Wildman–Crippen LogP) is 2.71. The zero-order valence-corrected chi connectivity index (χ0v) is 11.3. The Hall–Kier alpha value is -2.36. The van der Waals surface area contributed by atoms with Crippen LogP contribution in [0.3, 0.4) is 0 Å². The summed E-state index contributed by atoms with van der Waals surface area (Å²) < 4.78 is 0. The number of aryl methyl sites for hydroxylation is 1. The highest BCUT2D eigenvalue weighted by Gasteiger charge is 2.09. The molecule has 0 radical (unpaired) electrons. The molecule has 1 heterocycles. The predicted molar refractivity (Wildman–Crippen MR) is 77.7 cm³/mol. The largest absolute Gasteiger partial charge is 0.378 e. The van der Waals surface area contributed by atoms with Crippen molar-refractivity contribution >= 4 is 17.4 Å². The Balaban J connectivity index is 2.21. The van der Waals surface area contributed by atoms with E-state index in [0.29, 0.717) is 11.4 Å². The quantitative estimate of drug-likeness (QED) is 0.917. The van der Waals surface area contributed by atoms with Crippen molar-refractivity contribution in [2.45, 2.75) is 6.92 Å². The highest BCUT2D eigenvalue weighted by molar-refractivity contribution is 6.04. The topological polar surface area (TPSA) is 45.2 Å². The van der Waals surface area contributed by atoms with Gasteiger partial charge in [-0.25, -0.2) is 4.98 Å². The maximum atomic E-state index is 12.2. The molecule has 1 amide bonds. The molecule has 1 aromatic carbocycles. The Morgan fingerprint density at radius 1 is 1.21 bits per heavy atom. The Bertz CT molecular complexity index is 593. The molecular weight excluding hydrogens is 238 g/mol. The average molecular weight is 255 g/mol. The van der Waals surface area contributed by atoms with Crippen LogP contribution in [0.2, 0.25) is 0 Å². The van der Waals surface area contributed by atoms with E-state index in [4.69, 9.17) is 0 Å². The van der Waals surface area contributed by atoms with Gasteiger partial charge in [0.05, 0.1) is 0 Å². The fourth-order valence-electron chi connectivity index (χ4n) is 1.72.